The van der Waals surface area contributed by atoms with Crippen LogP contribution in [0.15, 0.2) is 30.5 Å². The first-order chi connectivity index (χ1) is 12.1. The van der Waals surface area contributed by atoms with Gasteiger partial charge >= 0.3 is 0 Å². The normalized spacial score (nSPS) is 20.6. The van der Waals surface area contributed by atoms with Crippen molar-refractivity contribution in [2.75, 3.05) is 19.6 Å². The first kappa shape index (κ1) is 18.6. The first-order valence-electron chi connectivity index (χ1n) is 9.29. The van der Waals surface area contributed by atoms with Crippen LogP contribution in [0.3, 0.4) is 0 Å². The third kappa shape index (κ3) is 3.54. The second kappa shape index (κ2) is 6.54. The number of carbonyl (C=O) groups excluding carboxylic acids is 1. The van der Waals surface area contributed by atoms with Gasteiger partial charge in [-0.1, -0.05) is 45.4 Å². The summed E-state index contributed by atoms with van der Waals surface area (Å²) >= 11 is 0. The van der Waals surface area contributed by atoms with Crippen LogP contribution in [-0.4, -0.2) is 40.2 Å². The maximum Gasteiger partial charge on any atom is 0.257 e. The highest BCUT2D eigenvalue weighted by Crippen LogP contribution is 2.32. The molecule has 2 N–H and O–H groups in total. The Labute approximate surface area is 156 Å². The molecule has 26 heavy (non-hydrogen) atoms. The number of hydrogen-bond acceptors (Lipinski definition) is 3. The summed E-state index contributed by atoms with van der Waals surface area (Å²) < 4.78 is 1.82. The number of benzene rings is 1. The molecule has 0 spiro atoms. The van der Waals surface area contributed by atoms with Gasteiger partial charge in [0.25, 0.3) is 5.91 Å². The van der Waals surface area contributed by atoms with Gasteiger partial charge in [-0.3, -0.25) is 4.79 Å². The number of amides is 1. The number of aromatic nitrogens is 2. The summed E-state index contributed by atoms with van der Waals surface area (Å²) in [4.78, 5) is 15.2. The Hall–Kier alpha value is -2.14. The number of nitrogens with zero attached hydrogens (tertiary/aromatic N) is 3. The van der Waals surface area contributed by atoms with E-state index >= 15 is 0 Å². The first-order valence-corrected chi connectivity index (χ1v) is 9.29. The Kier molecular flexibility index (Phi) is 4.69. The highest BCUT2D eigenvalue weighted by molar-refractivity contribution is 5.95. The SMILES string of the molecule is Cc1ccc(-n2cc(C(=O)N3CCC(C)(CN)C3)c(C(C)(C)C)n2)cc1. The van der Waals surface area contributed by atoms with E-state index in [1.807, 2.05) is 27.9 Å². The van der Waals surface area contributed by atoms with E-state index < -0.39 is 0 Å². The zero-order valence-electron chi connectivity index (χ0n) is 16.5. The standard InChI is InChI=1S/C21H30N4O/c1-15-6-8-16(9-7-15)25-12-17(18(23-25)20(2,3)4)19(26)24-11-10-21(5,13-22)14-24/h6-9,12H,10-11,13-14,22H2,1-5H3. The van der Waals surface area contributed by atoms with Gasteiger partial charge in [0.1, 0.15) is 0 Å². The molecule has 5 heteroatoms. The molecule has 1 atom stereocenters. The molecule has 1 saturated heterocycles. The van der Waals surface area contributed by atoms with E-state index in [2.05, 4.69) is 46.8 Å². The molecule has 2 aromatic rings. The Balaban J connectivity index is 1.98. The van der Waals surface area contributed by atoms with Gasteiger partial charge in [-0.2, -0.15) is 5.10 Å². The topological polar surface area (TPSA) is 64.2 Å². The number of likely N-dealkylation sites (tertiary alicyclic amines) is 1. The van der Waals surface area contributed by atoms with E-state index in [-0.39, 0.29) is 16.7 Å². The number of aryl methyl sites for hydroxylation is 1. The molecule has 0 radical (unpaired) electrons. The molecule has 1 aliphatic heterocycles. The molecule has 1 aliphatic rings. The number of nitrogens with two attached hydrogens (primary N) is 1. The third-order valence-corrected chi connectivity index (χ3v) is 5.29. The van der Waals surface area contributed by atoms with Crippen molar-refractivity contribution < 1.29 is 4.79 Å². The van der Waals surface area contributed by atoms with Gasteiger partial charge in [0.2, 0.25) is 0 Å². The van der Waals surface area contributed by atoms with Crippen LogP contribution in [0.4, 0.5) is 0 Å². The van der Waals surface area contributed by atoms with E-state index in [4.69, 9.17) is 10.8 Å². The molecule has 1 amide bonds. The summed E-state index contributed by atoms with van der Waals surface area (Å²) in [5, 5.41) is 4.77. The molecule has 1 fully saturated rings. The fourth-order valence-corrected chi connectivity index (χ4v) is 3.45. The second-order valence-corrected chi connectivity index (χ2v) is 8.91. The van der Waals surface area contributed by atoms with Crippen molar-refractivity contribution in [2.24, 2.45) is 11.1 Å². The third-order valence-electron chi connectivity index (χ3n) is 5.29. The van der Waals surface area contributed by atoms with E-state index in [0.29, 0.717) is 18.7 Å². The molecule has 0 aliphatic carbocycles. The maximum absolute atomic E-state index is 13.2. The lowest BCUT2D eigenvalue weighted by atomic mass is 9.89. The molecule has 3 rings (SSSR count). The van der Waals surface area contributed by atoms with Gasteiger partial charge in [0.15, 0.2) is 0 Å². The minimum absolute atomic E-state index is 0.0184. The van der Waals surface area contributed by atoms with E-state index in [0.717, 1.165) is 24.3 Å². The molecule has 0 saturated carbocycles. The predicted molar refractivity (Wildman–Crippen MR) is 105 cm³/mol. The summed E-state index contributed by atoms with van der Waals surface area (Å²) in [6.07, 6.45) is 2.83. The molecule has 140 valence electrons. The average Bonchev–Trinajstić information content (AvgIpc) is 3.20. The zero-order valence-corrected chi connectivity index (χ0v) is 16.5. The maximum atomic E-state index is 13.2. The Morgan fingerprint density at radius 1 is 1.27 bits per heavy atom. The molecule has 0 bridgehead atoms. The van der Waals surface area contributed by atoms with Crippen LogP contribution in [0.2, 0.25) is 0 Å². The fraction of sp³-hybridized carbons (Fsp3) is 0.524. The molecule has 1 aromatic carbocycles. The fourth-order valence-electron chi connectivity index (χ4n) is 3.45. The highest BCUT2D eigenvalue weighted by Gasteiger charge is 2.37. The van der Waals surface area contributed by atoms with E-state index in [1.54, 1.807) is 0 Å². The quantitative estimate of drug-likeness (QED) is 0.920. The number of rotatable bonds is 3. The van der Waals surface area contributed by atoms with Crippen LogP contribution >= 0.6 is 0 Å². The molecular weight excluding hydrogens is 324 g/mol. The molecule has 1 aromatic heterocycles. The van der Waals surface area contributed by atoms with Gasteiger partial charge in [-0.05, 0) is 37.4 Å². The second-order valence-electron chi connectivity index (χ2n) is 8.91. The van der Waals surface area contributed by atoms with E-state index in [9.17, 15) is 4.79 Å². The van der Waals surface area contributed by atoms with Gasteiger partial charge in [0.05, 0.1) is 16.9 Å². The van der Waals surface area contributed by atoms with Crippen molar-refractivity contribution in [2.45, 2.75) is 46.5 Å². The van der Waals surface area contributed by atoms with Crippen LogP contribution in [0.1, 0.15) is 55.7 Å². The van der Waals surface area contributed by atoms with Crippen molar-refractivity contribution in [1.29, 1.82) is 0 Å². The molecule has 2 heterocycles. The lowest BCUT2D eigenvalue weighted by molar-refractivity contribution is 0.0774. The smallest absolute Gasteiger partial charge is 0.257 e. The van der Waals surface area contributed by atoms with Crippen molar-refractivity contribution in [1.82, 2.24) is 14.7 Å². The summed E-state index contributed by atoms with van der Waals surface area (Å²) in [6, 6.07) is 8.18. The van der Waals surface area contributed by atoms with Gasteiger partial charge in [0, 0.05) is 24.7 Å². The van der Waals surface area contributed by atoms with Crippen LogP contribution in [-0.2, 0) is 5.41 Å². The minimum Gasteiger partial charge on any atom is -0.338 e. The van der Waals surface area contributed by atoms with Gasteiger partial charge < -0.3 is 10.6 Å². The lowest BCUT2D eigenvalue weighted by Gasteiger charge is -2.23. The minimum atomic E-state index is -0.210. The monoisotopic (exact) mass is 354 g/mol. The summed E-state index contributed by atoms with van der Waals surface area (Å²) in [6.45, 7) is 12.6. The van der Waals surface area contributed by atoms with Gasteiger partial charge in [-0.15, -0.1) is 0 Å². The highest BCUT2D eigenvalue weighted by atomic mass is 16.2. The summed E-state index contributed by atoms with van der Waals surface area (Å²) in [5.41, 5.74) is 9.41. The average molecular weight is 354 g/mol. The number of hydrogen-bond donors (Lipinski definition) is 1. The Morgan fingerprint density at radius 3 is 2.46 bits per heavy atom. The predicted octanol–water partition coefficient (Wildman–Crippen LogP) is 3.29. The van der Waals surface area contributed by atoms with Crippen LogP contribution in [0.5, 0.6) is 0 Å². The summed E-state index contributed by atoms with van der Waals surface area (Å²) in [5.74, 6) is 0.0606. The largest absolute Gasteiger partial charge is 0.338 e. The number of carbonyl (C=O) groups is 1. The summed E-state index contributed by atoms with van der Waals surface area (Å²) in [7, 11) is 0. The van der Waals surface area contributed by atoms with Crippen molar-refractivity contribution in [3.63, 3.8) is 0 Å². The zero-order chi connectivity index (χ0) is 19.1. The molecular formula is C21H30N4O. The van der Waals surface area contributed by atoms with Crippen molar-refractivity contribution in [3.8, 4) is 5.69 Å². The molecule has 5 nitrogen and oxygen atoms in total. The van der Waals surface area contributed by atoms with Crippen LogP contribution in [0.25, 0.3) is 5.69 Å². The van der Waals surface area contributed by atoms with E-state index in [1.165, 1.54) is 5.56 Å². The van der Waals surface area contributed by atoms with Crippen LogP contribution < -0.4 is 5.73 Å². The van der Waals surface area contributed by atoms with Crippen LogP contribution in [0, 0.1) is 12.3 Å². The van der Waals surface area contributed by atoms with Crippen molar-refractivity contribution in [3.05, 3.63) is 47.3 Å². The Morgan fingerprint density at radius 2 is 1.92 bits per heavy atom. The van der Waals surface area contributed by atoms with Crippen molar-refractivity contribution >= 4 is 5.91 Å². The lowest BCUT2D eigenvalue weighted by Crippen LogP contribution is -2.35. The molecule has 1 unspecified atom stereocenters. The Bertz CT molecular complexity index is 800. The van der Waals surface area contributed by atoms with Gasteiger partial charge in [-0.25, -0.2) is 4.68 Å².